The number of esters is 1. The van der Waals surface area contributed by atoms with Gasteiger partial charge in [-0.05, 0) is 26.8 Å². The first kappa shape index (κ1) is 18.5. The lowest BCUT2D eigenvalue weighted by molar-refractivity contribution is -0.210. The van der Waals surface area contributed by atoms with Crippen molar-refractivity contribution in [2.24, 2.45) is 16.7 Å². The summed E-state index contributed by atoms with van der Waals surface area (Å²) < 4.78 is 5.35. The van der Waals surface area contributed by atoms with E-state index in [4.69, 9.17) is 4.74 Å². The van der Waals surface area contributed by atoms with E-state index in [-0.39, 0.29) is 12.0 Å². The lowest BCUT2D eigenvalue weighted by atomic mass is 9.40. The molecular formula is C19H22O7. The van der Waals surface area contributed by atoms with Crippen LogP contribution in [0.3, 0.4) is 0 Å². The Hall–Kier alpha value is -2.25. The van der Waals surface area contributed by atoms with Gasteiger partial charge in [0.2, 0.25) is 0 Å². The maximum atomic E-state index is 13.2. The van der Waals surface area contributed by atoms with Gasteiger partial charge in [-0.3, -0.25) is 14.4 Å². The average Bonchev–Trinajstić information content (AvgIpc) is 2.93. The number of Topliss-reactive ketones (excluding diaryl/α,β-unsaturated/α-hetero) is 2. The third-order valence-electron chi connectivity index (χ3n) is 6.21. The monoisotopic (exact) mass is 362 g/mol. The Morgan fingerprint density at radius 1 is 1.27 bits per heavy atom. The van der Waals surface area contributed by atoms with Crippen molar-refractivity contribution in [1.29, 1.82) is 0 Å². The van der Waals surface area contributed by atoms with E-state index < -0.39 is 58.4 Å². The fraction of sp³-hybridized carbons (Fsp3) is 0.526. The number of allylic oxidation sites excluding steroid dienone is 4. The number of ketones is 2. The number of carbonyl (C=O) groups excluding carboxylic acids is 3. The van der Waals surface area contributed by atoms with Crippen LogP contribution in [-0.2, 0) is 19.1 Å². The lowest BCUT2D eigenvalue weighted by Crippen LogP contribution is -2.76. The first-order valence-corrected chi connectivity index (χ1v) is 8.44. The highest BCUT2D eigenvalue weighted by Gasteiger charge is 2.80. The van der Waals surface area contributed by atoms with Gasteiger partial charge in [0.1, 0.15) is 22.9 Å². The molecule has 0 unspecified atom stereocenters. The van der Waals surface area contributed by atoms with Gasteiger partial charge in [-0.25, -0.2) is 0 Å². The normalized spacial score (nSPS) is 44.1. The number of aliphatic hydroxyl groups excluding tert-OH is 2. The van der Waals surface area contributed by atoms with Crippen LogP contribution >= 0.6 is 0 Å². The van der Waals surface area contributed by atoms with Crippen LogP contribution in [0.1, 0.15) is 27.2 Å². The smallest absolute Gasteiger partial charge is 0.306 e. The molecule has 1 saturated heterocycles. The molecule has 0 aromatic carbocycles. The van der Waals surface area contributed by atoms with Crippen molar-refractivity contribution in [2.75, 3.05) is 6.61 Å². The molecule has 1 heterocycles. The summed E-state index contributed by atoms with van der Waals surface area (Å²) in [6.07, 6.45) is 4.78. The maximum Gasteiger partial charge on any atom is 0.306 e. The summed E-state index contributed by atoms with van der Waals surface area (Å²) in [5.74, 6) is -3.75. The topological polar surface area (TPSA) is 121 Å². The van der Waals surface area contributed by atoms with Gasteiger partial charge in [-0.1, -0.05) is 18.2 Å². The second-order valence-corrected chi connectivity index (χ2v) is 7.49. The summed E-state index contributed by atoms with van der Waals surface area (Å²) >= 11 is 0. The van der Waals surface area contributed by atoms with E-state index in [1.165, 1.54) is 26.0 Å². The summed E-state index contributed by atoms with van der Waals surface area (Å²) in [5, 5.41) is 31.4. The molecule has 0 aromatic rings. The number of aliphatic hydroxyl groups is 3. The van der Waals surface area contributed by atoms with Crippen LogP contribution in [-0.4, -0.2) is 51.2 Å². The highest BCUT2D eigenvalue weighted by Crippen LogP contribution is 2.66. The summed E-state index contributed by atoms with van der Waals surface area (Å²) in [6.45, 7) is 3.73. The van der Waals surface area contributed by atoms with Crippen molar-refractivity contribution < 1.29 is 34.4 Å². The first-order chi connectivity index (χ1) is 12.1. The Bertz CT molecular complexity index is 788. The Labute approximate surface area is 150 Å². The van der Waals surface area contributed by atoms with Crippen LogP contribution in [0.5, 0.6) is 0 Å². The number of ether oxygens (including phenoxy) is 1. The Balaban J connectivity index is 2.30. The van der Waals surface area contributed by atoms with Crippen LogP contribution in [0.25, 0.3) is 0 Å². The van der Waals surface area contributed by atoms with Crippen molar-refractivity contribution in [2.45, 2.75) is 38.9 Å². The highest BCUT2D eigenvalue weighted by atomic mass is 16.6. The molecule has 5 atom stereocenters. The fourth-order valence-electron chi connectivity index (χ4n) is 4.77. The van der Waals surface area contributed by atoms with Gasteiger partial charge in [0.25, 0.3) is 0 Å². The van der Waals surface area contributed by atoms with Crippen LogP contribution < -0.4 is 0 Å². The van der Waals surface area contributed by atoms with Gasteiger partial charge in [-0.2, -0.15) is 0 Å². The molecule has 140 valence electrons. The fourth-order valence-corrected chi connectivity index (χ4v) is 4.77. The molecular weight excluding hydrogens is 340 g/mol. The third kappa shape index (κ3) is 1.92. The minimum atomic E-state index is -2.02. The molecule has 0 amide bonds. The summed E-state index contributed by atoms with van der Waals surface area (Å²) in [7, 11) is 0. The molecule has 3 aliphatic carbocycles. The number of fused-ring (bicyclic) bond motifs is 2. The Morgan fingerprint density at radius 3 is 2.50 bits per heavy atom. The molecule has 3 saturated carbocycles. The van der Waals surface area contributed by atoms with E-state index >= 15 is 0 Å². The number of rotatable bonds is 3. The van der Waals surface area contributed by atoms with Gasteiger partial charge >= 0.3 is 5.97 Å². The van der Waals surface area contributed by atoms with Crippen LogP contribution in [0.2, 0.25) is 0 Å². The molecule has 1 aliphatic heterocycles. The average molecular weight is 362 g/mol. The van der Waals surface area contributed by atoms with Crippen LogP contribution in [0, 0.1) is 16.7 Å². The number of hydrogen-bond acceptors (Lipinski definition) is 7. The standard InChI is InChI=1S/C19H22O7/c1-4-5-6-7-10(21)12-13-15-19(9-20,8-11(22)26-15)17(2,14(12)23)16(24)18(13,3)25/h4-7,13,15,20-21,25H,8-9H2,1-3H3/b5-4+,7-6+,12-10+/t13-,15+,17-,18+,19-/m1/s1. The van der Waals surface area contributed by atoms with Gasteiger partial charge in [0.05, 0.1) is 24.4 Å². The second-order valence-electron chi connectivity index (χ2n) is 7.49. The summed E-state index contributed by atoms with van der Waals surface area (Å²) in [4.78, 5) is 38.2. The van der Waals surface area contributed by atoms with E-state index in [0.717, 1.165) is 0 Å². The van der Waals surface area contributed by atoms with Gasteiger partial charge in [0, 0.05) is 5.57 Å². The van der Waals surface area contributed by atoms with E-state index in [9.17, 15) is 29.7 Å². The van der Waals surface area contributed by atoms with Gasteiger partial charge in [-0.15, -0.1) is 0 Å². The second kappa shape index (κ2) is 5.62. The Morgan fingerprint density at radius 2 is 1.92 bits per heavy atom. The largest absolute Gasteiger partial charge is 0.508 e. The van der Waals surface area contributed by atoms with E-state index in [1.54, 1.807) is 19.1 Å². The minimum absolute atomic E-state index is 0.151. The molecule has 7 nitrogen and oxygen atoms in total. The predicted molar refractivity (Wildman–Crippen MR) is 89.9 cm³/mol. The quantitative estimate of drug-likeness (QED) is 0.223. The van der Waals surface area contributed by atoms with Crippen molar-refractivity contribution in [3.63, 3.8) is 0 Å². The number of carbonyl (C=O) groups is 3. The molecule has 3 N–H and O–H groups in total. The molecule has 0 radical (unpaired) electrons. The molecule has 4 fully saturated rings. The Kier molecular flexibility index (Phi) is 4.01. The molecule has 26 heavy (non-hydrogen) atoms. The number of hydrogen-bond donors (Lipinski definition) is 3. The summed E-state index contributed by atoms with van der Waals surface area (Å²) in [5.41, 5.74) is -5.49. The van der Waals surface area contributed by atoms with Crippen LogP contribution in [0.4, 0.5) is 0 Å². The molecule has 0 aromatic heterocycles. The summed E-state index contributed by atoms with van der Waals surface area (Å²) in [6, 6.07) is 0. The minimum Gasteiger partial charge on any atom is -0.508 e. The molecule has 0 spiro atoms. The zero-order chi connectivity index (χ0) is 19.5. The predicted octanol–water partition coefficient (Wildman–Crippen LogP) is 0.764. The SMILES string of the molecule is C/C=C/C=C/C(O)=C1\C(=O)[C@]2(C)C(=O)[C@@](C)(O)[C@H]1[C@@H]1OC(=O)C[C@@]12CO. The van der Waals surface area contributed by atoms with Crippen molar-refractivity contribution >= 4 is 17.5 Å². The molecule has 4 aliphatic rings. The highest BCUT2D eigenvalue weighted by molar-refractivity contribution is 6.22. The maximum absolute atomic E-state index is 13.2. The van der Waals surface area contributed by atoms with E-state index in [2.05, 4.69) is 0 Å². The van der Waals surface area contributed by atoms with Crippen molar-refractivity contribution in [3.05, 3.63) is 35.6 Å². The van der Waals surface area contributed by atoms with Crippen LogP contribution in [0.15, 0.2) is 35.6 Å². The third-order valence-corrected chi connectivity index (χ3v) is 6.21. The first-order valence-electron chi connectivity index (χ1n) is 8.44. The van der Waals surface area contributed by atoms with Gasteiger partial charge in [0.15, 0.2) is 11.6 Å². The molecule has 4 rings (SSSR count). The van der Waals surface area contributed by atoms with Crippen molar-refractivity contribution in [1.82, 2.24) is 0 Å². The van der Waals surface area contributed by atoms with Crippen molar-refractivity contribution in [3.8, 4) is 0 Å². The zero-order valence-electron chi connectivity index (χ0n) is 14.9. The molecule has 7 heteroatoms. The zero-order valence-corrected chi connectivity index (χ0v) is 14.9. The van der Waals surface area contributed by atoms with E-state index in [0.29, 0.717) is 0 Å². The van der Waals surface area contributed by atoms with Gasteiger partial charge < -0.3 is 20.1 Å². The lowest BCUT2D eigenvalue weighted by Gasteiger charge is -2.60. The van der Waals surface area contributed by atoms with E-state index in [1.807, 2.05) is 0 Å². The molecule has 2 bridgehead atoms.